The van der Waals surface area contributed by atoms with E-state index in [0.29, 0.717) is 30.7 Å². The molecular formula is C12H25NO2S. The first-order chi connectivity index (χ1) is 7.36. The van der Waals surface area contributed by atoms with Crippen LogP contribution >= 0.6 is 12.2 Å². The lowest BCUT2D eigenvalue weighted by atomic mass is 9.90. The van der Waals surface area contributed by atoms with Crippen LogP contribution in [0.1, 0.15) is 34.1 Å². The highest BCUT2D eigenvalue weighted by Gasteiger charge is 2.20. The highest BCUT2D eigenvalue weighted by molar-refractivity contribution is 7.80. The summed E-state index contributed by atoms with van der Waals surface area (Å²) in [6.45, 7) is 11.1. The van der Waals surface area contributed by atoms with Crippen LogP contribution in [0.2, 0.25) is 0 Å². The van der Waals surface area contributed by atoms with Crippen LogP contribution in [0.4, 0.5) is 0 Å². The first kappa shape index (κ1) is 15.8. The van der Waals surface area contributed by atoms with Crippen LogP contribution in [0.15, 0.2) is 0 Å². The van der Waals surface area contributed by atoms with E-state index in [0.717, 1.165) is 13.0 Å². The number of rotatable bonds is 9. The first-order valence-corrected chi connectivity index (χ1v) is 6.22. The molecule has 0 saturated carbocycles. The Labute approximate surface area is 105 Å². The Balaban J connectivity index is 3.37. The SMILES string of the molecule is CC(C)COCCOCCC(C)(C)C(N)=S. The number of ether oxygens (including phenoxy) is 2. The number of hydrogen-bond donors (Lipinski definition) is 1. The summed E-state index contributed by atoms with van der Waals surface area (Å²) < 4.78 is 10.9. The molecule has 0 aliphatic carbocycles. The van der Waals surface area contributed by atoms with Crippen molar-refractivity contribution in [1.82, 2.24) is 0 Å². The van der Waals surface area contributed by atoms with Gasteiger partial charge in [0.05, 0.1) is 18.2 Å². The predicted octanol–water partition coefficient (Wildman–Crippen LogP) is 2.38. The Morgan fingerprint density at radius 1 is 1.19 bits per heavy atom. The number of hydrogen-bond acceptors (Lipinski definition) is 3. The minimum absolute atomic E-state index is 0.117. The summed E-state index contributed by atoms with van der Waals surface area (Å²) in [4.78, 5) is 0.548. The van der Waals surface area contributed by atoms with E-state index in [2.05, 4.69) is 13.8 Å². The van der Waals surface area contributed by atoms with Crippen molar-refractivity contribution in [3.05, 3.63) is 0 Å². The Morgan fingerprint density at radius 2 is 1.75 bits per heavy atom. The fraction of sp³-hybridized carbons (Fsp3) is 0.917. The quantitative estimate of drug-likeness (QED) is 0.502. The molecular weight excluding hydrogens is 222 g/mol. The Kier molecular flexibility index (Phi) is 7.89. The summed E-state index contributed by atoms with van der Waals surface area (Å²) in [6, 6.07) is 0. The van der Waals surface area contributed by atoms with Crippen molar-refractivity contribution in [2.45, 2.75) is 34.1 Å². The molecule has 0 radical (unpaired) electrons. The average Bonchev–Trinajstić information content (AvgIpc) is 2.15. The first-order valence-electron chi connectivity index (χ1n) is 5.81. The molecule has 0 heterocycles. The normalized spacial score (nSPS) is 12.1. The van der Waals surface area contributed by atoms with Gasteiger partial charge in [-0.1, -0.05) is 39.9 Å². The van der Waals surface area contributed by atoms with Crippen LogP contribution in [-0.2, 0) is 9.47 Å². The van der Waals surface area contributed by atoms with E-state index in [1.54, 1.807) is 0 Å². The van der Waals surface area contributed by atoms with Gasteiger partial charge in [-0.05, 0) is 12.3 Å². The van der Waals surface area contributed by atoms with Gasteiger partial charge in [-0.25, -0.2) is 0 Å². The number of thiocarbonyl (C=S) groups is 1. The molecule has 96 valence electrons. The van der Waals surface area contributed by atoms with E-state index in [1.807, 2.05) is 13.8 Å². The Morgan fingerprint density at radius 3 is 2.25 bits per heavy atom. The van der Waals surface area contributed by atoms with Gasteiger partial charge in [0.25, 0.3) is 0 Å². The van der Waals surface area contributed by atoms with Crippen molar-refractivity contribution >= 4 is 17.2 Å². The van der Waals surface area contributed by atoms with Gasteiger partial charge in [0.1, 0.15) is 0 Å². The van der Waals surface area contributed by atoms with Crippen molar-refractivity contribution in [1.29, 1.82) is 0 Å². The highest BCUT2D eigenvalue weighted by Crippen LogP contribution is 2.20. The molecule has 2 N–H and O–H groups in total. The molecule has 16 heavy (non-hydrogen) atoms. The third kappa shape index (κ3) is 8.02. The molecule has 0 amide bonds. The summed E-state index contributed by atoms with van der Waals surface area (Å²) >= 11 is 4.98. The van der Waals surface area contributed by atoms with Gasteiger partial charge in [-0.15, -0.1) is 0 Å². The Bertz CT molecular complexity index is 205. The standard InChI is InChI=1S/C12H25NO2S/c1-10(2)9-15-8-7-14-6-5-12(3,4)11(13)16/h10H,5-9H2,1-4H3,(H2,13,16). The fourth-order valence-electron chi connectivity index (χ4n) is 0.989. The molecule has 0 aromatic heterocycles. The van der Waals surface area contributed by atoms with Crippen LogP contribution in [0.3, 0.4) is 0 Å². The molecule has 0 aromatic rings. The molecule has 0 aliphatic rings. The van der Waals surface area contributed by atoms with Gasteiger partial charge in [-0.3, -0.25) is 0 Å². The van der Waals surface area contributed by atoms with Crippen LogP contribution in [0.5, 0.6) is 0 Å². The maximum Gasteiger partial charge on any atom is 0.0785 e. The summed E-state index contributed by atoms with van der Waals surface area (Å²) in [6.07, 6.45) is 0.854. The highest BCUT2D eigenvalue weighted by atomic mass is 32.1. The van der Waals surface area contributed by atoms with Crippen LogP contribution in [-0.4, -0.2) is 31.4 Å². The fourth-order valence-corrected chi connectivity index (χ4v) is 1.09. The molecule has 0 aromatic carbocycles. The van der Waals surface area contributed by atoms with Gasteiger partial charge in [0.2, 0.25) is 0 Å². The van der Waals surface area contributed by atoms with Crippen LogP contribution < -0.4 is 5.73 Å². The second-order valence-corrected chi connectivity index (χ2v) is 5.52. The van der Waals surface area contributed by atoms with Gasteiger partial charge in [-0.2, -0.15) is 0 Å². The summed E-state index contributed by atoms with van der Waals surface area (Å²) in [5, 5.41) is 0. The van der Waals surface area contributed by atoms with Crippen molar-refractivity contribution < 1.29 is 9.47 Å². The van der Waals surface area contributed by atoms with Crippen molar-refractivity contribution in [2.24, 2.45) is 17.1 Å². The van der Waals surface area contributed by atoms with Crippen molar-refractivity contribution in [3.63, 3.8) is 0 Å². The monoisotopic (exact) mass is 247 g/mol. The maximum atomic E-state index is 5.62. The molecule has 0 unspecified atom stereocenters. The minimum Gasteiger partial charge on any atom is -0.393 e. The predicted molar refractivity (Wildman–Crippen MR) is 71.7 cm³/mol. The van der Waals surface area contributed by atoms with E-state index in [4.69, 9.17) is 27.4 Å². The van der Waals surface area contributed by atoms with Crippen molar-refractivity contribution in [2.75, 3.05) is 26.4 Å². The smallest absolute Gasteiger partial charge is 0.0785 e. The molecule has 0 saturated heterocycles. The van der Waals surface area contributed by atoms with E-state index in [9.17, 15) is 0 Å². The molecule has 0 spiro atoms. The van der Waals surface area contributed by atoms with Gasteiger partial charge in [0, 0.05) is 18.6 Å². The molecule has 3 nitrogen and oxygen atoms in total. The minimum atomic E-state index is -0.117. The molecule has 0 aliphatic heterocycles. The van der Waals surface area contributed by atoms with E-state index < -0.39 is 0 Å². The second kappa shape index (κ2) is 7.98. The third-order valence-electron chi connectivity index (χ3n) is 2.36. The largest absolute Gasteiger partial charge is 0.393 e. The lowest BCUT2D eigenvalue weighted by Gasteiger charge is -2.22. The number of nitrogens with two attached hydrogens (primary N) is 1. The van der Waals surface area contributed by atoms with E-state index in [1.165, 1.54) is 0 Å². The zero-order chi connectivity index (χ0) is 12.6. The van der Waals surface area contributed by atoms with Gasteiger partial charge >= 0.3 is 0 Å². The Hall–Kier alpha value is -0.190. The summed E-state index contributed by atoms with van der Waals surface area (Å²) in [7, 11) is 0. The van der Waals surface area contributed by atoms with Crippen LogP contribution in [0, 0.1) is 11.3 Å². The maximum absolute atomic E-state index is 5.62. The molecule has 0 rings (SSSR count). The van der Waals surface area contributed by atoms with E-state index >= 15 is 0 Å². The molecule has 0 bridgehead atoms. The average molecular weight is 247 g/mol. The van der Waals surface area contributed by atoms with Gasteiger partial charge < -0.3 is 15.2 Å². The third-order valence-corrected chi connectivity index (χ3v) is 2.91. The molecule has 0 fully saturated rings. The van der Waals surface area contributed by atoms with Crippen molar-refractivity contribution in [3.8, 4) is 0 Å². The second-order valence-electron chi connectivity index (χ2n) is 5.08. The van der Waals surface area contributed by atoms with E-state index in [-0.39, 0.29) is 5.41 Å². The zero-order valence-electron chi connectivity index (χ0n) is 10.9. The summed E-state index contributed by atoms with van der Waals surface area (Å²) in [5.74, 6) is 0.577. The lowest BCUT2D eigenvalue weighted by molar-refractivity contribution is 0.0327. The molecule has 4 heteroatoms. The lowest BCUT2D eigenvalue weighted by Crippen LogP contribution is -2.31. The molecule has 0 atom stereocenters. The van der Waals surface area contributed by atoms with Crippen LogP contribution in [0.25, 0.3) is 0 Å². The topological polar surface area (TPSA) is 44.5 Å². The van der Waals surface area contributed by atoms with Gasteiger partial charge in [0.15, 0.2) is 0 Å². The zero-order valence-corrected chi connectivity index (χ0v) is 11.7. The summed E-state index contributed by atoms with van der Waals surface area (Å²) in [5.41, 5.74) is 5.50.